The Morgan fingerprint density at radius 1 is 1.33 bits per heavy atom. The Bertz CT molecular complexity index is 786. The fourth-order valence-corrected chi connectivity index (χ4v) is 3.80. The molecule has 1 aliphatic heterocycles. The highest BCUT2D eigenvalue weighted by Crippen LogP contribution is 2.32. The first-order chi connectivity index (χ1) is 13.2. The van der Waals surface area contributed by atoms with Crippen LogP contribution in [0.1, 0.15) is 43.0 Å². The zero-order valence-corrected chi connectivity index (χ0v) is 15.8. The molecule has 0 unspecified atom stereocenters. The van der Waals surface area contributed by atoms with E-state index in [1.165, 1.54) is 18.5 Å². The molecule has 0 radical (unpaired) electrons. The van der Waals surface area contributed by atoms with Crippen molar-refractivity contribution >= 4 is 5.91 Å². The van der Waals surface area contributed by atoms with Crippen LogP contribution >= 0.6 is 0 Å². The van der Waals surface area contributed by atoms with E-state index < -0.39 is 0 Å². The zero-order valence-electron chi connectivity index (χ0n) is 15.8. The van der Waals surface area contributed by atoms with Gasteiger partial charge in [0.25, 0.3) is 0 Å². The molecular weight excluding hydrogens is 342 g/mol. The number of hydrogen-bond donors (Lipinski definition) is 1. The van der Waals surface area contributed by atoms with Gasteiger partial charge in [-0.15, -0.1) is 0 Å². The van der Waals surface area contributed by atoms with E-state index in [-0.39, 0.29) is 11.9 Å². The highest BCUT2D eigenvalue weighted by molar-refractivity contribution is 5.76. The molecule has 0 spiro atoms. The van der Waals surface area contributed by atoms with Crippen molar-refractivity contribution in [2.24, 2.45) is 5.92 Å². The number of amides is 1. The largest absolute Gasteiger partial charge is 0.481 e. The first-order valence-corrected chi connectivity index (χ1v) is 9.72. The molecule has 1 saturated carbocycles. The van der Waals surface area contributed by atoms with E-state index in [0.29, 0.717) is 24.8 Å². The lowest BCUT2D eigenvalue weighted by molar-refractivity contribution is -0.121. The van der Waals surface area contributed by atoms with Crippen molar-refractivity contribution in [1.82, 2.24) is 25.0 Å². The molecule has 1 amide bonds. The summed E-state index contributed by atoms with van der Waals surface area (Å²) in [6.45, 7) is 3.22. The van der Waals surface area contributed by atoms with Crippen molar-refractivity contribution in [2.45, 2.75) is 44.8 Å². The van der Waals surface area contributed by atoms with Crippen LogP contribution < -0.4 is 10.1 Å². The normalized spacial score (nSPS) is 19.5. The molecule has 0 saturated heterocycles. The fraction of sp³-hybridized carbons (Fsp3) is 0.550. The van der Waals surface area contributed by atoms with Gasteiger partial charge < -0.3 is 10.1 Å². The quantitative estimate of drug-likeness (QED) is 0.772. The van der Waals surface area contributed by atoms with Gasteiger partial charge in [0.2, 0.25) is 11.8 Å². The van der Waals surface area contributed by atoms with Crippen molar-refractivity contribution < 1.29 is 9.53 Å². The summed E-state index contributed by atoms with van der Waals surface area (Å²) in [7, 11) is 1.66. The van der Waals surface area contributed by atoms with Crippen LogP contribution in [0.5, 0.6) is 5.88 Å². The lowest BCUT2D eigenvalue weighted by atomic mass is 10.1. The molecule has 2 aromatic heterocycles. The summed E-state index contributed by atoms with van der Waals surface area (Å²) in [6.07, 6.45) is 7.60. The maximum atomic E-state index is 11.9. The average molecular weight is 369 g/mol. The summed E-state index contributed by atoms with van der Waals surface area (Å²) in [6, 6.07) is 6.34. The van der Waals surface area contributed by atoms with Crippen LogP contribution in [-0.4, -0.2) is 45.8 Å². The molecular formula is C20H27N5O2. The summed E-state index contributed by atoms with van der Waals surface area (Å²) in [5.74, 6) is 1.49. The first kappa shape index (κ1) is 18.0. The molecule has 1 aliphatic carbocycles. The van der Waals surface area contributed by atoms with E-state index in [1.54, 1.807) is 13.3 Å². The van der Waals surface area contributed by atoms with Gasteiger partial charge in [-0.05, 0) is 37.3 Å². The first-order valence-electron chi connectivity index (χ1n) is 9.72. The maximum Gasteiger partial charge on any atom is 0.220 e. The monoisotopic (exact) mass is 369 g/mol. The van der Waals surface area contributed by atoms with Gasteiger partial charge >= 0.3 is 0 Å². The summed E-state index contributed by atoms with van der Waals surface area (Å²) >= 11 is 0. The zero-order chi connectivity index (χ0) is 18.6. The molecule has 2 aromatic rings. The Morgan fingerprint density at radius 2 is 2.22 bits per heavy atom. The molecule has 0 bridgehead atoms. The molecule has 1 fully saturated rings. The number of rotatable bonds is 8. The summed E-state index contributed by atoms with van der Waals surface area (Å²) < 4.78 is 7.51. The van der Waals surface area contributed by atoms with Gasteiger partial charge in [0.1, 0.15) is 0 Å². The van der Waals surface area contributed by atoms with Gasteiger partial charge in [-0.25, -0.2) is 4.98 Å². The number of carbonyl (C=O) groups excluding carboxylic acids is 1. The van der Waals surface area contributed by atoms with Crippen LogP contribution in [0.15, 0.2) is 30.6 Å². The van der Waals surface area contributed by atoms with Crippen molar-refractivity contribution in [3.63, 3.8) is 0 Å². The predicted molar refractivity (Wildman–Crippen MR) is 101 cm³/mol. The minimum Gasteiger partial charge on any atom is -0.481 e. The third kappa shape index (κ3) is 4.47. The number of aromatic nitrogens is 3. The van der Waals surface area contributed by atoms with Crippen LogP contribution in [0.2, 0.25) is 0 Å². The summed E-state index contributed by atoms with van der Waals surface area (Å²) in [4.78, 5) is 18.6. The number of fused-ring (bicyclic) bond motifs is 1. The number of pyridine rings is 1. The number of hydrogen-bond acceptors (Lipinski definition) is 5. The molecule has 4 rings (SSSR count). The molecule has 7 heteroatoms. The molecule has 1 N–H and O–H groups in total. The summed E-state index contributed by atoms with van der Waals surface area (Å²) in [5, 5.41) is 7.59. The molecule has 0 aromatic carbocycles. The second-order valence-corrected chi connectivity index (χ2v) is 7.55. The Labute approximate surface area is 159 Å². The number of carbonyl (C=O) groups is 1. The Morgan fingerprint density at radius 3 is 3.04 bits per heavy atom. The van der Waals surface area contributed by atoms with Crippen molar-refractivity contribution in [3.05, 3.63) is 41.9 Å². The third-order valence-electron chi connectivity index (χ3n) is 5.36. The van der Waals surface area contributed by atoms with Gasteiger partial charge in [0, 0.05) is 50.6 Å². The van der Waals surface area contributed by atoms with Crippen LogP contribution in [0.25, 0.3) is 0 Å². The molecule has 2 aliphatic rings. The van der Waals surface area contributed by atoms with E-state index in [1.807, 2.05) is 12.3 Å². The Kier molecular flexibility index (Phi) is 5.38. The van der Waals surface area contributed by atoms with Crippen molar-refractivity contribution in [3.8, 4) is 5.88 Å². The van der Waals surface area contributed by atoms with E-state index in [9.17, 15) is 4.79 Å². The van der Waals surface area contributed by atoms with Crippen LogP contribution in [-0.2, 0) is 17.9 Å². The van der Waals surface area contributed by atoms with Crippen LogP contribution in [0.3, 0.4) is 0 Å². The number of ether oxygens (including phenoxy) is 1. The smallest absolute Gasteiger partial charge is 0.220 e. The van der Waals surface area contributed by atoms with Gasteiger partial charge in [-0.3, -0.25) is 14.4 Å². The topological polar surface area (TPSA) is 72.3 Å². The van der Waals surface area contributed by atoms with Crippen LogP contribution in [0.4, 0.5) is 0 Å². The highest BCUT2D eigenvalue weighted by Gasteiger charge is 2.27. The van der Waals surface area contributed by atoms with Gasteiger partial charge in [-0.2, -0.15) is 5.10 Å². The van der Waals surface area contributed by atoms with Gasteiger partial charge in [0.15, 0.2) is 0 Å². The molecule has 27 heavy (non-hydrogen) atoms. The number of nitrogens with zero attached hydrogens (tertiary/aromatic N) is 4. The Balaban J connectivity index is 1.37. The Hall–Kier alpha value is -2.41. The maximum absolute atomic E-state index is 11.9. The SMILES string of the molecule is COc1ncccc1CN1Cc2ccnn2[C@@H](CCNC(=O)CC2CC2)C1. The van der Waals surface area contributed by atoms with E-state index in [2.05, 4.69) is 37.1 Å². The van der Waals surface area contributed by atoms with Crippen molar-refractivity contribution in [2.75, 3.05) is 20.2 Å². The number of methoxy groups -OCH3 is 1. The molecule has 7 nitrogen and oxygen atoms in total. The molecule has 144 valence electrons. The minimum atomic E-state index is 0.186. The van der Waals surface area contributed by atoms with E-state index in [0.717, 1.165) is 31.6 Å². The minimum absolute atomic E-state index is 0.186. The van der Waals surface area contributed by atoms with Crippen molar-refractivity contribution in [1.29, 1.82) is 0 Å². The second kappa shape index (κ2) is 8.08. The van der Waals surface area contributed by atoms with E-state index >= 15 is 0 Å². The lowest BCUT2D eigenvalue weighted by Gasteiger charge is -2.34. The van der Waals surface area contributed by atoms with Crippen LogP contribution in [0, 0.1) is 5.92 Å². The standard InChI is InChI=1S/C20H27N5O2/c1-27-20-16(3-2-8-22-20)12-24-13-17(25-18(14-24)7-10-23-25)6-9-21-19(26)11-15-4-5-15/h2-3,7-8,10,15,17H,4-6,9,11-14H2,1H3,(H,21,26)/t17-/m0/s1. The summed E-state index contributed by atoms with van der Waals surface area (Å²) in [5.41, 5.74) is 2.29. The molecule has 1 atom stereocenters. The third-order valence-corrected chi connectivity index (χ3v) is 5.36. The lowest BCUT2D eigenvalue weighted by Crippen LogP contribution is -2.39. The molecule has 3 heterocycles. The van der Waals surface area contributed by atoms with E-state index in [4.69, 9.17) is 4.74 Å². The number of nitrogens with one attached hydrogen (secondary N) is 1. The predicted octanol–water partition coefficient (Wildman–Crippen LogP) is 2.15. The second-order valence-electron chi connectivity index (χ2n) is 7.55. The average Bonchev–Trinajstić information content (AvgIpc) is 3.35. The fourth-order valence-electron chi connectivity index (χ4n) is 3.80. The van der Waals surface area contributed by atoms with Gasteiger partial charge in [-0.1, -0.05) is 6.07 Å². The van der Waals surface area contributed by atoms with Gasteiger partial charge in [0.05, 0.1) is 18.8 Å². The highest BCUT2D eigenvalue weighted by atomic mass is 16.5.